The first kappa shape index (κ1) is 27.2. The summed E-state index contributed by atoms with van der Waals surface area (Å²) >= 11 is 0. The van der Waals surface area contributed by atoms with Gasteiger partial charge in [-0.1, -0.05) is 51.5 Å². The Balaban J connectivity index is 1.46. The predicted octanol–water partition coefficient (Wildman–Crippen LogP) is 7.84. The van der Waals surface area contributed by atoms with E-state index in [1.807, 2.05) is 24.3 Å². The fourth-order valence-corrected chi connectivity index (χ4v) is 6.87. The highest BCUT2D eigenvalue weighted by atomic mass is 19.1. The van der Waals surface area contributed by atoms with E-state index in [0.29, 0.717) is 24.0 Å². The van der Waals surface area contributed by atoms with Crippen molar-refractivity contribution in [2.75, 3.05) is 7.11 Å². The third-order valence-electron chi connectivity index (χ3n) is 9.18. The molecule has 1 N–H and O–H groups in total. The van der Waals surface area contributed by atoms with Crippen LogP contribution in [0.3, 0.4) is 0 Å². The van der Waals surface area contributed by atoms with Crippen LogP contribution in [0.25, 0.3) is 11.1 Å². The third-order valence-corrected chi connectivity index (χ3v) is 9.18. The number of benzene rings is 2. The molecule has 0 saturated heterocycles. The van der Waals surface area contributed by atoms with Crippen molar-refractivity contribution < 1.29 is 23.8 Å². The van der Waals surface area contributed by atoms with Gasteiger partial charge in [-0.05, 0) is 83.4 Å². The first-order chi connectivity index (χ1) is 18.7. The maximum absolute atomic E-state index is 15.0. The largest absolute Gasteiger partial charge is 0.489 e. The molecule has 5 rings (SSSR count). The van der Waals surface area contributed by atoms with E-state index >= 15 is 4.39 Å². The van der Waals surface area contributed by atoms with Crippen LogP contribution in [0, 0.1) is 11.2 Å². The molecule has 2 atom stereocenters. The topological polar surface area (TPSA) is 68.7 Å². The number of nitrogens with zero attached hydrogens (tertiary/aromatic N) is 1. The van der Waals surface area contributed by atoms with Crippen LogP contribution < -0.4 is 9.47 Å². The monoisotopic (exact) mass is 531 g/mol. The van der Waals surface area contributed by atoms with Gasteiger partial charge in [-0.15, -0.1) is 0 Å². The van der Waals surface area contributed by atoms with E-state index in [9.17, 15) is 9.90 Å². The molecule has 0 unspecified atom stereocenters. The molecule has 2 aromatic carbocycles. The zero-order chi connectivity index (χ0) is 27.8. The average molecular weight is 532 g/mol. The fourth-order valence-electron chi connectivity index (χ4n) is 6.87. The number of carbonyl (C=O) groups is 1. The van der Waals surface area contributed by atoms with E-state index in [2.05, 4.69) is 37.9 Å². The smallest absolute Gasteiger partial charge is 0.304 e. The molecule has 1 fully saturated rings. The number of halogens is 1. The van der Waals surface area contributed by atoms with Crippen LogP contribution >= 0.6 is 0 Å². The van der Waals surface area contributed by atoms with E-state index in [1.165, 1.54) is 18.9 Å². The SMILES string of the molecule is CC[C@@]1(CC(=O)O)CCc2ccc(OCc3ccc(-c4cc(OC)ncc4F)c([C@H]4CCCC4(C)C)c3)cc21. The van der Waals surface area contributed by atoms with Crippen LogP contribution in [0.5, 0.6) is 11.6 Å². The zero-order valence-electron chi connectivity index (χ0n) is 23.4. The summed E-state index contributed by atoms with van der Waals surface area (Å²) in [5.74, 6) is 0.304. The molecule has 0 radical (unpaired) electrons. The van der Waals surface area contributed by atoms with Gasteiger partial charge in [0, 0.05) is 17.0 Å². The Hall–Kier alpha value is -3.41. The van der Waals surface area contributed by atoms with Crippen molar-refractivity contribution in [2.24, 2.45) is 5.41 Å². The van der Waals surface area contributed by atoms with Crippen molar-refractivity contribution in [1.29, 1.82) is 0 Å². The molecule has 5 nitrogen and oxygen atoms in total. The lowest BCUT2D eigenvalue weighted by Gasteiger charge is -2.30. The van der Waals surface area contributed by atoms with Crippen molar-refractivity contribution in [1.82, 2.24) is 4.98 Å². The van der Waals surface area contributed by atoms with Gasteiger partial charge in [0.15, 0.2) is 0 Å². The van der Waals surface area contributed by atoms with Crippen molar-refractivity contribution in [3.63, 3.8) is 0 Å². The van der Waals surface area contributed by atoms with Crippen molar-refractivity contribution in [2.45, 2.75) is 83.7 Å². The van der Waals surface area contributed by atoms with E-state index < -0.39 is 5.97 Å². The van der Waals surface area contributed by atoms with Crippen molar-refractivity contribution in [3.8, 4) is 22.8 Å². The van der Waals surface area contributed by atoms with E-state index in [1.54, 1.807) is 6.07 Å². The van der Waals surface area contributed by atoms with Gasteiger partial charge in [0.05, 0.1) is 19.7 Å². The second-order valence-electron chi connectivity index (χ2n) is 11.9. The predicted molar refractivity (Wildman–Crippen MR) is 150 cm³/mol. The van der Waals surface area contributed by atoms with Gasteiger partial charge in [-0.2, -0.15) is 0 Å². The summed E-state index contributed by atoms with van der Waals surface area (Å²) in [5, 5.41) is 9.56. The molecular formula is C33H38FNO4. The summed E-state index contributed by atoms with van der Waals surface area (Å²) in [6.45, 7) is 7.03. The van der Waals surface area contributed by atoms with Gasteiger partial charge in [-0.25, -0.2) is 9.37 Å². The number of carboxylic acid groups (broad SMARTS) is 1. The fraction of sp³-hybridized carbons (Fsp3) is 0.455. The first-order valence-electron chi connectivity index (χ1n) is 14.0. The highest BCUT2D eigenvalue weighted by Gasteiger charge is 2.39. The summed E-state index contributed by atoms with van der Waals surface area (Å²) in [7, 11) is 1.54. The molecule has 0 spiro atoms. The molecule has 39 heavy (non-hydrogen) atoms. The molecule has 3 aromatic rings. The number of carboxylic acids is 1. The molecule has 1 heterocycles. The molecule has 0 bridgehead atoms. The Labute approximate surface area is 230 Å². The molecule has 1 saturated carbocycles. The van der Waals surface area contributed by atoms with Crippen molar-refractivity contribution >= 4 is 5.97 Å². The number of ether oxygens (including phenoxy) is 2. The summed E-state index contributed by atoms with van der Waals surface area (Å²) < 4.78 is 26.6. The summed E-state index contributed by atoms with van der Waals surface area (Å²) in [5.41, 5.74) is 5.62. The summed E-state index contributed by atoms with van der Waals surface area (Å²) in [6, 6.07) is 14.0. The normalized spacial score (nSPS) is 21.5. The Bertz CT molecular complexity index is 1380. The molecule has 1 aromatic heterocycles. The molecule has 206 valence electrons. The second kappa shape index (κ2) is 10.6. The van der Waals surface area contributed by atoms with E-state index in [-0.39, 0.29) is 23.1 Å². The molecule has 6 heteroatoms. The molecule has 2 aliphatic rings. The standard InChI is InChI=1S/C33H38FNO4/c1-5-33(18-31(36)37)14-12-22-9-10-23(16-28(22)33)39-20-21-8-11-24(26-17-30(38-4)35-19-29(26)34)25(15-21)27-7-6-13-32(27,2)3/h8-11,15-17,19,27H,5-7,12-14,18,20H2,1-4H3,(H,36,37)/t27-,33+/m1/s1. The Morgan fingerprint density at radius 2 is 1.95 bits per heavy atom. The number of pyridine rings is 1. The summed E-state index contributed by atoms with van der Waals surface area (Å²) in [4.78, 5) is 15.7. The maximum Gasteiger partial charge on any atom is 0.304 e. The first-order valence-corrected chi connectivity index (χ1v) is 14.0. The average Bonchev–Trinajstić information content (AvgIpc) is 3.46. The third kappa shape index (κ3) is 5.26. The number of aromatic nitrogens is 1. The number of aliphatic carboxylic acids is 1. The van der Waals surface area contributed by atoms with Crippen LogP contribution in [0.4, 0.5) is 4.39 Å². The highest BCUT2D eigenvalue weighted by molar-refractivity contribution is 5.71. The number of fused-ring (bicyclic) bond motifs is 1. The van der Waals surface area contributed by atoms with E-state index in [0.717, 1.165) is 66.5 Å². The lowest BCUT2D eigenvalue weighted by Crippen LogP contribution is -2.25. The number of rotatable bonds is 9. The van der Waals surface area contributed by atoms with Gasteiger partial charge in [0.1, 0.15) is 18.2 Å². The minimum Gasteiger partial charge on any atom is -0.489 e. The van der Waals surface area contributed by atoms with Crippen LogP contribution in [-0.2, 0) is 23.2 Å². The Kier molecular flexibility index (Phi) is 7.41. The van der Waals surface area contributed by atoms with Crippen LogP contribution in [-0.4, -0.2) is 23.2 Å². The Morgan fingerprint density at radius 1 is 1.13 bits per heavy atom. The van der Waals surface area contributed by atoms with Gasteiger partial charge in [-0.3, -0.25) is 4.79 Å². The lowest BCUT2D eigenvalue weighted by molar-refractivity contribution is -0.138. The number of hydrogen-bond acceptors (Lipinski definition) is 4. The molecule has 2 aliphatic carbocycles. The van der Waals surface area contributed by atoms with Crippen LogP contribution in [0.1, 0.15) is 87.5 Å². The number of methoxy groups -OCH3 is 1. The quantitative estimate of drug-likeness (QED) is 0.305. The minimum atomic E-state index is -0.762. The highest BCUT2D eigenvalue weighted by Crippen LogP contribution is 2.51. The minimum absolute atomic E-state index is 0.107. The number of hydrogen-bond donors (Lipinski definition) is 1. The summed E-state index contributed by atoms with van der Waals surface area (Å²) in [6.07, 6.45) is 7.23. The molecule has 0 aliphatic heterocycles. The number of aryl methyl sites for hydroxylation is 1. The van der Waals surface area contributed by atoms with Gasteiger partial charge in [0.25, 0.3) is 0 Å². The lowest BCUT2D eigenvalue weighted by atomic mass is 9.75. The van der Waals surface area contributed by atoms with Crippen molar-refractivity contribution in [3.05, 3.63) is 76.7 Å². The van der Waals surface area contributed by atoms with Gasteiger partial charge >= 0.3 is 5.97 Å². The van der Waals surface area contributed by atoms with E-state index in [4.69, 9.17) is 9.47 Å². The zero-order valence-corrected chi connectivity index (χ0v) is 23.4. The molecule has 0 amide bonds. The Morgan fingerprint density at radius 3 is 2.64 bits per heavy atom. The maximum atomic E-state index is 15.0. The van der Waals surface area contributed by atoms with Crippen LogP contribution in [0.15, 0.2) is 48.7 Å². The van der Waals surface area contributed by atoms with Gasteiger partial charge in [0.2, 0.25) is 5.88 Å². The van der Waals surface area contributed by atoms with Crippen LogP contribution in [0.2, 0.25) is 0 Å². The second-order valence-corrected chi connectivity index (χ2v) is 11.9. The van der Waals surface area contributed by atoms with Gasteiger partial charge < -0.3 is 14.6 Å². The molecular weight excluding hydrogens is 493 g/mol.